The Morgan fingerprint density at radius 1 is 1.00 bits per heavy atom. The third kappa shape index (κ3) is 4.31. The van der Waals surface area contributed by atoms with Crippen molar-refractivity contribution in [2.45, 2.75) is 25.1 Å². The van der Waals surface area contributed by atoms with E-state index in [1.807, 2.05) is 36.4 Å². The van der Waals surface area contributed by atoms with Crippen LogP contribution < -0.4 is 14.8 Å². The van der Waals surface area contributed by atoms with Gasteiger partial charge in [-0.15, -0.1) is 0 Å². The van der Waals surface area contributed by atoms with Gasteiger partial charge >= 0.3 is 0 Å². The summed E-state index contributed by atoms with van der Waals surface area (Å²) < 4.78 is 10.5. The van der Waals surface area contributed by atoms with E-state index in [-0.39, 0.29) is 18.2 Å². The predicted molar refractivity (Wildman–Crippen MR) is 106 cm³/mol. The lowest BCUT2D eigenvalue weighted by molar-refractivity contribution is 0.220. The fourth-order valence-electron chi connectivity index (χ4n) is 2.87. The maximum absolute atomic E-state index is 9.56. The Bertz CT molecular complexity index is 745. The van der Waals surface area contributed by atoms with Gasteiger partial charge in [0.05, 0.1) is 26.4 Å². The molecule has 6 heteroatoms. The van der Waals surface area contributed by atoms with Crippen LogP contribution in [0.4, 0.5) is 0 Å². The van der Waals surface area contributed by atoms with Gasteiger partial charge < -0.3 is 19.9 Å². The van der Waals surface area contributed by atoms with E-state index in [4.69, 9.17) is 14.5 Å². The molecule has 0 spiro atoms. The van der Waals surface area contributed by atoms with E-state index >= 15 is 0 Å². The molecule has 3 rings (SSSR count). The molecular weight excluding hydrogens is 348 g/mol. The fourth-order valence-corrected chi connectivity index (χ4v) is 3.67. The lowest BCUT2D eigenvalue weighted by Crippen LogP contribution is -2.23. The van der Waals surface area contributed by atoms with Crippen LogP contribution in [0, 0.1) is 0 Å². The smallest absolute Gasteiger partial charge is 0.157 e. The van der Waals surface area contributed by atoms with Crippen LogP contribution in [0.2, 0.25) is 0 Å². The topological polar surface area (TPSA) is 63.1 Å². The third-order valence-electron chi connectivity index (χ3n) is 4.24. The molecule has 3 atom stereocenters. The van der Waals surface area contributed by atoms with Gasteiger partial charge in [0.25, 0.3) is 0 Å². The first-order valence-electron chi connectivity index (χ1n) is 8.54. The van der Waals surface area contributed by atoms with Crippen molar-refractivity contribution in [3.63, 3.8) is 0 Å². The third-order valence-corrected chi connectivity index (χ3v) is 5.39. The first-order valence-corrected chi connectivity index (χ1v) is 9.52. The average Bonchev–Trinajstić information content (AvgIpc) is 3.11. The Labute approximate surface area is 158 Å². The highest BCUT2D eigenvalue weighted by Gasteiger charge is 2.31. The van der Waals surface area contributed by atoms with Crippen molar-refractivity contribution in [1.82, 2.24) is 5.32 Å². The van der Waals surface area contributed by atoms with Crippen molar-refractivity contribution in [2.24, 2.45) is 4.99 Å². The number of benzene rings is 2. The number of ether oxygens (including phenoxy) is 2. The van der Waals surface area contributed by atoms with Crippen LogP contribution in [0.25, 0.3) is 0 Å². The van der Waals surface area contributed by atoms with Gasteiger partial charge in [-0.1, -0.05) is 36.0 Å². The van der Waals surface area contributed by atoms with Crippen molar-refractivity contribution in [1.29, 1.82) is 0 Å². The minimum Gasteiger partial charge on any atom is -0.497 e. The van der Waals surface area contributed by atoms with Crippen molar-refractivity contribution >= 4 is 16.9 Å². The maximum atomic E-state index is 9.56. The number of hydrogen-bond donors (Lipinski definition) is 2. The van der Waals surface area contributed by atoms with Crippen LogP contribution in [-0.2, 0) is 0 Å². The molecule has 0 bridgehead atoms. The SMILES string of the molecule is COc1ccc(C2N=C(SCC(C)O)NC2c2ccc(OC)cc2)cc1. The largest absolute Gasteiger partial charge is 0.497 e. The number of hydrogen-bond acceptors (Lipinski definition) is 6. The number of nitrogens with zero attached hydrogens (tertiary/aromatic N) is 1. The molecule has 0 saturated carbocycles. The molecule has 2 aromatic carbocycles. The number of aliphatic imine (C=N–C) groups is 1. The molecule has 5 nitrogen and oxygen atoms in total. The Hall–Kier alpha value is -2.18. The van der Waals surface area contributed by atoms with Crippen LogP contribution in [0.5, 0.6) is 11.5 Å². The summed E-state index contributed by atoms with van der Waals surface area (Å²) in [5.41, 5.74) is 2.26. The first-order chi connectivity index (χ1) is 12.6. The minimum atomic E-state index is -0.371. The van der Waals surface area contributed by atoms with Gasteiger partial charge in [0.15, 0.2) is 5.17 Å². The molecule has 1 aliphatic heterocycles. The average molecular weight is 372 g/mol. The van der Waals surface area contributed by atoms with Crippen molar-refractivity contribution in [3.8, 4) is 11.5 Å². The summed E-state index contributed by atoms with van der Waals surface area (Å²) in [7, 11) is 3.33. The van der Waals surface area contributed by atoms with Crippen LogP contribution >= 0.6 is 11.8 Å². The molecule has 1 heterocycles. The summed E-state index contributed by atoms with van der Waals surface area (Å²) in [4.78, 5) is 4.87. The zero-order valence-electron chi connectivity index (χ0n) is 15.2. The van der Waals surface area contributed by atoms with Gasteiger partial charge in [-0.3, -0.25) is 4.99 Å². The summed E-state index contributed by atoms with van der Waals surface area (Å²) in [6.07, 6.45) is -0.371. The number of nitrogens with one attached hydrogen (secondary N) is 1. The molecule has 0 fully saturated rings. The molecule has 138 valence electrons. The second kappa shape index (κ2) is 8.47. The molecule has 0 aliphatic carbocycles. The molecule has 2 aromatic rings. The number of rotatable bonds is 6. The molecule has 0 aromatic heterocycles. The van der Waals surface area contributed by atoms with Gasteiger partial charge in [0.2, 0.25) is 0 Å². The molecule has 0 radical (unpaired) electrons. The Kier molecular flexibility index (Phi) is 6.06. The van der Waals surface area contributed by atoms with Crippen LogP contribution in [0.3, 0.4) is 0 Å². The van der Waals surface area contributed by atoms with E-state index in [0.717, 1.165) is 27.8 Å². The minimum absolute atomic E-state index is 0.0331. The van der Waals surface area contributed by atoms with Gasteiger partial charge in [0.1, 0.15) is 17.5 Å². The Balaban J connectivity index is 1.87. The second-order valence-electron chi connectivity index (χ2n) is 6.21. The number of thioether (sulfide) groups is 1. The van der Waals surface area contributed by atoms with Crippen LogP contribution in [0.15, 0.2) is 53.5 Å². The summed E-state index contributed by atoms with van der Waals surface area (Å²) in [5, 5.41) is 13.9. The second-order valence-corrected chi connectivity index (χ2v) is 7.22. The van der Waals surface area contributed by atoms with Crippen LogP contribution in [-0.4, -0.2) is 36.4 Å². The summed E-state index contributed by atoms with van der Waals surface area (Å²) in [5.74, 6) is 2.27. The molecule has 2 N–H and O–H groups in total. The zero-order valence-corrected chi connectivity index (χ0v) is 16.0. The lowest BCUT2D eigenvalue weighted by Gasteiger charge is -2.20. The maximum Gasteiger partial charge on any atom is 0.157 e. The molecule has 0 saturated heterocycles. The van der Waals surface area contributed by atoms with E-state index in [1.54, 1.807) is 32.9 Å². The van der Waals surface area contributed by atoms with E-state index in [1.165, 1.54) is 0 Å². The van der Waals surface area contributed by atoms with Crippen LogP contribution in [0.1, 0.15) is 30.1 Å². The van der Waals surface area contributed by atoms with Crippen molar-refractivity contribution < 1.29 is 14.6 Å². The highest BCUT2D eigenvalue weighted by Crippen LogP contribution is 2.38. The van der Waals surface area contributed by atoms with E-state index in [2.05, 4.69) is 17.4 Å². The lowest BCUT2D eigenvalue weighted by atomic mass is 9.95. The van der Waals surface area contributed by atoms with E-state index < -0.39 is 0 Å². The fraction of sp³-hybridized carbons (Fsp3) is 0.350. The van der Waals surface area contributed by atoms with Gasteiger partial charge in [-0.05, 0) is 42.3 Å². The summed E-state index contributed by atoms with van der Waals surface area (Å²) in [6.45, 7) is 1.78. The monoisotopic (exact) mass is 372 g/mol. The quantitative estimate of drug-likeness (QED) is 0.812. The molecular formula is C20H24N2O3S. The number of methoxy groups -OCH3 is 2. The Morgan fingerprint density at radius 2 is 1.54 bits per heavy atom. The standard InChI is InChI=1S/C20H24N2O3S/c1-13(23)12-26-20-21-18(14-4-8-16(24-2)9-5-14)19(22-20)15-6-10-17(25-3)11-7-15/h4-11,13,18-19,23H,12H2,1-3H3,(H,21,22). The first kappa shape index (κ1) is 18.6. The Morgan fingerprint density at radius 3 is 2.04 bits per heavy atom. The van der Waals surface area contributed by atoms with Gasteiger partial charge in [-0.2, -0.15) is 0 Å². The molecule has 3 unspecified atom stereocenters. The van der Waals surface area contributed by atoms with E-state index in [0.29, 0.717) is 5.75 Å². The van der Waals surface area contributed by atoms with E-state index in [9.17, 15) is 5.11 Å². The van der Waals surface area contributed by atoms with Gasteiger partial charge in [0, 0.05) is 5.75 Å². The molecule has 0 amide bonds. The summed E-state index contributed by atoms with van der Waals surface area (Å²) in [6, 6.07) is 16.0. The number of aliphatic hydroxyl groups is 1. The molecule has 1 aliphatic rings. The van der Waals surface area contributed by atoms with Gasteiger partial charge in [-0.25, -0.2) is 0 Å². The predicted octanol–water partition coefficient (Wildman–Crippen LogP) is 3.56. The van der Waals surface area contributed by atoms with Crippen molar-refractivity contribution in [3.05, 3.63) is 59.7 Å². The number of amidine groups is 1. The number of aliphatic hydroxyl groups excluding tert-OH is 1. The highest BCUT2D eigenvalue weighted by molar-refractivity contribution is 8.13. The zero-order chi connectivity index (χ0) is 18.5. The summed E-state index contributed by atoms with van der Waals surface area (Å²) >= 11 is 1.54. The highest BCUT2D eigenvalue weighted by atomic mass is 32.2. The molecule has 26 heavy (non-hydrogen) atoms. The normalized spacial score (nSPS) is 20.2. The van der Waals surface area contributed by atoms with Crippen molar-refractivity contribution in [2.75, 3.05) is 20.0 Å².